The first kappa shape index (κ1) is 11.5. The summed E-state index contributed by atoms with van der Waals surface area (Å²) in [5.74, 6) is 0. The number of thiophene rings is 3. The summed E-state index contributed by atoms with van der Waals surface area (Å²) in [6, 6.07) is 3.39. The molecule has 3 rings (SSSR count). The molecule has 0 radical (unpaired) electrons. The van der Waals surface area contributed by atoms with Crippen LogP contribution in [-0.4, -0.2) is 0 Å². The fourth-order valence-corrected chi connectivity index (χ4v) is 6.87. The zero-order valence-corrected chi connectivity index (χ0v) is 11.5. The maximum Gasteiger partial charge on any atom is 0.601 e. The first-order valence-corrected chi connectivity index (χ1v) is 7.76. The Kier molecular flexibility index (Phi) is 2.34. The predicted octanol–water partition coefficient (Wildman–Crippen LogP) is 5.96. The van der Waals surface area contributed by atoms with Crippen molar-refractivity contribution in [1.29, 1.82) is 0 Å². The van der Waals surface area contributed by atoms with E-state index in [4.69, 9.17) is 0 Å². The van der Waals surface area contributed by atoms with E-state index in [2.05, 4.69) is 0 Å². The third-order valence-electron chi connectivity index (χ3n) is 2.52. The monoisotopic (exact) mass is 293 g/mol. The van der Waals surface area contributed by atoms with Crippen LogP contribution in [0.25, 0.3) is 18.8 Å². The zero-order chi connectivity index (χ0) is 12.4. The van der Waals surface area contributed by atoms with Crippen LogP contribution in [0.15, 0.2) is 12.1 Å². The highest BCUT2D eigenvalue weighted by Gasteiger charge is 2.48. The van der Waals surface area contributed by atoms with Gasteiger partial charge in [0.05, 0.1) is 0 Å². The maximum atomic E-state index is 13.2. The van der Waals surface area contributed by atoms with Crippen LogP contribution in [0.2, 0.25) is 0 Å². The molecular weight excluding hydrogens is 285 g/mol. The lowest BCUT2D eigenvalue weighted by molar-refractivity contribution is -0.0862. The van der Waals surface area contributed by atoms with Gasteiger partial charge in [-0.2, -0.15) is 0 Å². The van der Waals surface area contributed by atoms with Gasteiger partial charge in [0, 0.05) is 21.9 Å². The molecule has 0 fully saturated rings. The summed E-state index contributed by atoms with van der Waals surface area (Å²) >= 11 is 2.94. The van der Waals surface area contributed by atoms with Gasteiger partial charge in [0.15, 0.2) is 0 Å². The molecule has 0 amide bonds. The SMILES string of the molecule is Cc1cc2c(s1)c1sc(C)cc1[s+]2C(F)(F)F. The predicted molar refractivity (Wildman–Crippen MR) is 70.5 cm³/mol. The van der Waals surface area contributed by atoms with E-state index in [1.165, 1.54) is 22.7 Å². The van der Waals surface area contributed by atoms with Crippen LogP contribution in [-0.2, 0) is 5.51 Å². The molecule has 0 unspecified atom stereocenters. The Morgan fingerprint density at radius 2 is 1.35 bits per heavy atom. The molecule has 90 valence electrons. The Morgan fingerprint density at radius 3 is 1.71 bits per heavy atom. The van der Waals surface area contributed by atoms with Gasteiger partial charge in [0.25, 0.3) is 0 Å². The molecule has 6 heteroatoms. The minimum atomic E-state index is -4.17. The Labute approximate surface area is 106 Å². The summed E-state index contributed by atoms with van der Waals surface area (Å²) in [5, 5.41) is 0. The highest BCUT2D eigenvalue weighted by atomic mass is 32.2. The van der Waals surface area contributed by atoms with Gasteiger partial charge < -0.3 is 0 Å². The highest BCUT2D eigenvalue weighted by Crippen LogP contribution is 2.57. The van der Waals surface area contributed by atoms with E-state index in [0.29, 0.717) is 9.40 Å². The van der Waals surface area contributed by atoms with Gasteiger partial charge in [0.2, 0.25) is 9.40 Å². The molecule has 0 saturated carbocycles. The Morgan fingerprint density at radius 1 is 0.941 bits per heavy atom. The van der Waals surface area contributed by atoms with E-state index < -0.39 is 16.0 Å². The second-order valence-electron chi connectivity index (χ2n) is 3.85. The smallest absolute Gasteiger partial charge is 0.134 e. The number of hydrogen-bond donors (Lipinski definition) is 0. The molecule has 0 bridgehead atoms. The largest absolute Gasteiger partial charge is 0.601 e. The van der Waals surface area contributed by atoms with Gasteiger partial charge in [-0.05, 0) is 13.8 Å². The van der Waals surface area contributed by atoms with Crippen LogP contribution < -0.4 is 0 Å². The van der Waals surface area contributed by atoms with Crippen molar-refractivity contribution in [3.63, 3.8) is 0 Å². The lowest BCUT2D eigenvalue weighted by Crippen LogP contribution is -1.94. The van der Waals surface area contributed by atoms with Crippen molar-refractivity contribution in [2.75, 3.05) is 0 Å². The van der Waals surface area contributed by atoms with Crippen molar-refractivity contribution in [2.24, 2.45) is 0 Å². The number of halogens is 3. The molecule has 0 aliphatic rings. The fraction of sp³-hybridized carbons (Fsp3) is 0.273. The van der Waals surface area contributed by atoms with Gasteiger partial charge in [-0.15, -0.1) is 35.8 Å². The van der Waals surface area contributed by atoms with E-state index >= 15 is 0 Å². The summed E-state index contributed by atoms with van der Waals surface area (Å²) in [5.41, 5.74) is -4.17. The van der Waals surface area contributed by atoms with Crippen molar-refractivity contribution < 1.29 is 13.2 Å². The van der Waals surface area contributed by atoms with Gasteiger partial charge in [-0.3, -0.25) is 0 Å². The highest BCUT2D eigenvalue weighted by molar-refractivity contribution is 7.49. The zero-order valence-electron chi connectivity index (χ0n) is 9.01. The number of rotatable bonds is 0. The molecule has 0 saturated heterocycles. The van der Waals surface area contributed by atoms with Crippen molar-refractivity contribution in [1.82, 2.24) is 0 Å². The molecule has 3 heterocycles. The third kappa shape index (κ3) is 1.62. The van der Waals surface area contributed by atoms with Crippen molar-refractivity contribution in [3.05, 3.63) is 21.9 Å². The molecule has 0 aromatic carbocycles. The normalized spacial score (nSPS) is 13.0. The van der Waals surface area contributed by atoms with Crippen LogP contribution >= 0.6 is 33.1 Å². The Bertz CT molecular complexity index is 658. The van der Waals surface area contributed by atoms with Crippen molar-refractivity contribution >= 4 is 51.9 Å². The maximum absolute atomic E-state index is 13.2. The molecule has 0 aliphatic carbocycles. The molecular formula is C11H8F3S3+. The number of hydrogen-bond acceptors (Lipinski definition) is 2. The summed E-state index contributed by atoms with van der Waals surface area (Å²) < 4.78 is 42.1. The Balaban J connectivity index is 2.55. The summed E-state index contributed by atoms with van der Waals surface area (Å²) in [4.78, 5) is 1.90. The molecule has 0 N–H and O–H groups in total. The molecule has 0 nitrogen and oxygen atoms in total. The summed E-state index contributed by atoms with van der Waals surface area (Å²) in [7, 11) is -1.73. The van der Waals surface area contributed by atoms with Crippen LogP contribution in [0.4, 0.5) is 13.2 Å². The summed E-state index contributed by atoms with van der Waals surface area (Å²) in [6.07, 6.45) is 0. The topological polar surface area (TPSA) is 0 Å². The van der Waals surface area contributed by atoms with Crippen molar-refractivity contribution in [2.45, 2.75) is 19.4 Å². The standard InChI is InChI=1S/C11H8F3S3/c1-5-3-7-9(15-5)10-8(4-6(2)16-10)17(7)11(12,13)14/h3-4H,1-2H3/q+1. The molecule has 0 spiro atoms. The van der Waals surface area contributed by atoms with Crippen molar-refractivity contribution in [3.8, 4) is 0 Å². The molecule has 0 aliphatic heterocycles. The van der Waals surface area contributed by atoms with Crippen LogP contribution in [0.1, 0.15) is 9.75 Å². The minimum Gasteiger partial charge on any atom is -0.134 e. The van der Waals surface area contributed by atoms with Gasteiger partial charge >= 0.3 is 5.51 Å². The second kappa shape index (κ2) is 3.46. The fourth-order valence-electron chi connectivity index (χ4n) is 1.97. The molecule has 0 atom stereocenters. The number of aryl methyl sites for hydroxylation is 2. The van der Waals surface area contributed by atoms with Crippen LogP contribution in [0.5, 0.6) is 0 Å². The average molecular weight is 293 g/mol. The third-order valence-corrected chi connectivity index (χ3v) is 7.03. The van der Waals surface area contributed by atoms with Crippen LogP contribution in [0.3, 0.4) is 0 Å². The van der Waals surface area contributed by atoms with Gasteiger partial charge in [0.1, 0.15) is 19.9 Å². The quantitative estimate of drug-likeness (QED) is 0.449. The molecule has 3 aromatic rings. The Hall–Kier alpha value is -0.590. The molecule has 17 heavy (non-hydrogen) atoms. The number of alkyl halides is 3. The second-order valence-corrected chi connectivity index (χ2v) is 8.32. The number of fused-ring (bicyclic) bond motifs is 3. The minimum absolute atomic E-state index is 0.473. The van der Waals surface area contributed by atoms with E-state index in [1.54, 1.807) is 12.1 Å². The lowest BCUT2D eigenvalue weighted by atomic mass is 10.4. The van der Waals surface area contributed by atoms with Gasteiger partial charge in [-0.25, -0.2) is 0 Å². The van der Waals surface area contributed by atoms with E-state index in [0.717, 1.165) is 19.2 Å². The summed E-state index contributed by atoms with van der Waals surface area (Å²) in [6.45, 7) is 3.72. The van der Waals surface area contributed by atoms with Gasteiger partial charge in [-0.1, -0.05) is 0 Å². The molecule has 3 aromatic heterocycles. The van der Waals surface area contributed by atoms with E-state index in [1.807, 2.05) is 13.8 Å². The average Bonchev–Trinajstić information content (AvgIpc) is 2.73. The van der Waals surface area contributed by atoms with Crippen LogP contribution in [0, 0.1) is 13.8 Å². The lowest BCUT2D eigenvalue weighted by Gasteiger charge is -1.94. The first-order valence-electron chi connectivity index (χ1n) is 4.90. The van der Waals surface area contributed by atoms with E-state index in [9.17, 15) is 13.2 Å². The van der Waals surface area contributed by atoms with E-state index in [-0.39, 0.29) is 0 Å². The first-order chi connectivity index (χ1) is 7.88.